The van der Waals surface area contributed by atoms with Crippen molar-refractivity contribution >= 4 is 46.5 Å². The van der Waals surface area contributed by atoms with E-state index in [1.807, 2.05) is 18.2 Å². The number of ether oxygens (including phenoxy) is 2. The Bertz CT molecular complexity index is 1240. The summed E-state index contributed by atoms with van der Waals surface area (Å²) in [6.07, 6.45) is 8.57. The van der Waals surface area contributed by atoms with Gasteiger partial charge in [-0.15, -0.1) is 11.8 Å². The van der Waals surface area contributed by atoms with Gasteiger partial charge in [0.2, 0.25) is 0 Å². The van der Waals surface area contributed by atoms with Crippen LogP contribution in [0.5, 0.6) is 0 Å². The summed E-state index contributed by atoms with van der Waals surface area (Å²) in [5.41, 5.74) is -0.930. The Labute approximate surface area is 244 Å². The number of thioether (sulfide) groups is 1. The Morgan fingerprint density at radius 2 is 1.95 bits per heavy atom. The molecule has 5 nitrogen and oxygen atoms in total. The molecule has 210 valence electrons. The van der Waals surface area contributed by atoms with Gasteiger partial charge in [0.25, 0.3) is 0 Å². The molecule has 9 atom stereocenters. The van der Waals surface area contributed by atoms with Crippen molar-refractivity contribution in [3.05, 3.63) is 52.0 Å². The molecule has 0 radical (unpaired) electrons. The Morgan fingerprint density at radius 1 is 1.21 bits per heavy atom. The molecule has 0 aromatic heterocycles. The van der Waals surface area contributed by atoms with E-state index < -0.39 is 23.4 Å². The highest BCUT2D eigenvalue weighted by atomic mass is 35.5. The van der Waals surface area contributed by atoms with Gasteiger partial charge in [-0.1, -0.05) is 62.0 Å². The summed E-state index contributed by atoms with van der Waals surface area (Å²) in [5.74, 6) is 0.590. The van der Waals surface area contributed by atoms with Gasteiger partial charge >= 0.3 is 0 Å². The van der Waals surface area contributed by atoms with E-state index in [2.05, 4.69) is 20.8 Å². The van der Waals surface area contributed by atoms with Crippen LogP contribution in [0, 0.1) is 28.6 Å². The highest BCUT2D eigenvalue weighted by Crippen LogP contribution is 2.69. The van der Waals surface area contributed by atoms with E-state index in [0.29, 0.717) is 16.5 Å². The van der Waals surface area contributed by atoms with Gasteiger partial charge in [0, 0.05) is 31.7 Å². The first-order chi connectivity index (χ1) is 18.5. The molecule has 8 heteroatoms. The lowest BCUT2D eigenvalue weighted by Gasteiger charge is -2.59. The van der Waals surface area contributed by atoms with Crippen molar-refractivity contribution in [1.29, 1.82) is 0 Å². The third kappa shape index (κ3) is 4.23. The number of aliphatic hydroxyl groups is 1. The second-order valence-electron chi connectivity index (χ2n) is 12.5. The molecule has 0 amide bonds. The number of hydrogen-bond donors (Lipinski definition) is 1. The zero-order valence-electron chi connectivity index (χ0n) is 22.6. The number of hydrogen-bond acceptors (Lipinski definition) is 6. The number of carbonyl (C=O) groups is 2. The van der Waals surface area contributed by atoms with Gasteiger partial charge in [0.05, 0.1) is 18.0 Å². The lowest BCUT2D eigenvalue weighted by molar-refractivity contribution is -0.197. The molecule has 6 rings (SSSR count). The molecule has 1 heterocycles. The Morgan fingerprint density at radius 3 is 2.67 bits per heavy atom. The fourth-order valence-corrected chi connectivity index (χ4v) is 10.5. The molecule has 0 spiro atoms. The van der Waals surface area contributed by atoms with Crippen molar-refractivity contribution in [2.75, 3.05) is 5.75 Å². The van der Waals surface area contributed by atoms with Gasteiger partial charge in [-0.25, -0.2) is 0 Å². The topological polar surface area (TPSA) is 72.8 Å². The second kappa shape index (κ2) is 9.99. The van der Waals surface area contributed by atoms with Crippen molar-refractivity contribution in [3.63, 3.8) is 0 Å². The van der Waals surface area contributed by atoms with Crippen molar-refractivity contribution in [3.8, 4) is 0 Å². The molecule has 5 aliphatic rings. The monoisotopic (exact) mass is 590 g/mol. The largest absolute Gasteiger partial charge is 0.393 e. The SMILES string of the molecule is CCCC1O[C@@H]2CC3C4CCC5=CC(=O)C=CC5(C)C4C(O)CC3(C)[C@]2(C(=O)CSc2cc(Cl)cc(Cl)c2)O1. The third-order valence-corrected chi connectivity index (χ3v) is 11.8. The highest BCUT2D eigenvalue weighted by Gasteiger charge is 2.75. The number of rotatable bonds is 6. The predicted octanol–water partition coefficient (Wildman–Crippen LogP) is 6.82. The summed E-state index contributed by atoms with van der Waals surface area (Å²) in [7, 11) is 0. The van der Waals surface area contributed by atoms with Crippen LogP contribution in [0.25, 0.3) is 0 Å². The number of halogens is 2. The summed E-state index contributed by atoms with van der Waals surface area (Å²) in [6.45, 7) is 6.41. The molecule has 1 aromatic carbocycles. The van der Waals surface area contributed by atoms with Gasteiger partial charge in [-0.05, 0) is 74.3 Å². The van der Waals surface area contributed by atoms with Crippen LogP contribution in [-0.4, -0.2) is 46.5 Å². The van der Waals surface area contributed by atoms with Gasteiger partial charge in [0.15, 0.2) is 23.5 Å². The fraction of sp³-hybridized carbons (Fsp3) is 0.613. The molecule has 3 saturated carbocycles. The minimum absolute atomic E-state index is 0.00798. The molecule has 39 heavy (non-hydrogen) atoms. The highest BCUT2D eigenvalue weighted by molar-refractivity contribution is 8.00. The van der Waals surface area contributed by atoms with E-state index in [4.69, 9.17) is 32.7 Å². The summed E-state index contributed by atoms with van der Waals surface area (Å²) in [6, 6.07) is 5.31. The Hall–Kier alpha value is -1.15. The predicted molar refractivity (Wildman–Crippen MR) is 153 cm³/mol. The maximum atomic E-state index is 14.4. The van der Waals surface area contributed by atoms with E-state index >= 15 is 0 Å². The first-order valence-corrected chi connectivity index (χ1v) is 15.8. The van der Waals surface area contributed by atoms with Crippen LogP contribution < -0.4 is 0 Å². The zero-order valence-corrected chi connectivity index (χ0v) is 25.0. The van der Waals surface area contributed by atoms with E-state index in [0.717, 1.165) is 42.6 Å². The molecule has 1 N–H and O–H groups in total. The molecule has 1 aliphatic heterocycles. The molecule has 0 bridgehead atoms. The van der Waals surface area contributed by atoms with Crippen molar-refractivity contribution in [1.82, 2.24) is 0 Å². The smallest absolute Gasteiger partial charge is 0.178 e. The van der Waals surface area contributed by atoms with Crippen LogP contribution in [0.1, 0.15) is 59.3 Å². The zero-order chi connectivity index (χ0) is 27.7. The first-order valence-electron chi connectivity index (χ1n) is 14.1. The van der Waals surface area contributed by atoms with Crippen LogP contribution in [0.2, 0.25) is 10.0 Å². The average Bonchev–Trinajstić information content (AvgIpc) is 3.34. The van der Waals surface area contributed by atoms with Crippen LogP contribution in [0.4, 0.5) is 0 Å². The summed E-state index contributed by atoms with van der Waals surface area (Å²) < 4.78 is 13.3. The summed E-state index contributed by atoms with van der Waals surface area (Å²) >= 11 is 13.8. The fourth-order valence-electron chi connectivity index (χ4n) is 8.87. The Kier molecular flexibility index (Phi) is 7.17. The van der Waals surface area contributed by atoms with Gasteiger partial charge in [-0.3, -0.25) is 9.59 Å². The number of benzene rings is 1. The lowest BCUT2D eigenvalue weighted by Crippen LogP contribution is -2.63. The van der Waals surface area contributed by atoms with Crippen molar-refractivity contribution in [2.45, 2.75) is 88.3 Å². The normalized spacial score (nSPS) is 42.4. The van der Waals surface area contributed by atoms with Gasteiger partial charge in [-0.2, -0.15) is 0 Å². The third-order valence-electron chi connectivity index (χ3n) is 10.4. The maximum Gasteiger partial charge on any atom is 0.178 e. The number of Topliss-reactive ketones (excluding diaryl/α,β-unsaturated/α-hetero) is 1. The van der Waals surface area contributed by atoms with Gasteiger partial charge in [0.1, 0.15) is 0 Å². The minimum Gasteiger partial charge on any atom is -0.393 e. The molecule has 4 fully saturated rings. The van der Waals surface area contributed by atoms with Crippen LogP contribution in [-0.2, 0) is 19.1 Å². The quantitative estimate of drug-likeness (QED) is 0.366. The molecular formula is C31H36Cl2O5S. The van der Waals surface area contributed by atoms with Crippen molar-refractivity contribution < 1.29 is 24.2 Å². The molecule has 7 unspecified atom stereocenters. The molecular weight excluding hydrogens is 555 g/mol. The standard InChI is InChI=1S/C31H36Cl2O5S/c1-4-5-27-37-26-14-23-22-7-6-17-10-20(34)8-9-29(17,2)28(22)24(35)15-30(23,3)31(26,38-27)25(36)16-39-21-12-18(32)11-19(33)13-21/h8-13,22-24,26-28,35H,4-7,14-16H2,1-3H3/t22?,23?,24?,26-,27?,28?,29?,30?,31-/m1/s1. The van der Waals surface area contributed by atoms with Gasteiger partial charge < -0.3 is 14.6 Å². The Balaban J connectivity index is 1.34. The minimum atomic E-state index is -1.12. The summed E-state index contributed by atoms with van der Waals surface area (Å²) in [4.78, 5) is 27.4. The number of fused-ring (bicyclic) bond motifs is 7. The van der Waals surface area contributed by atoms with Crippen LogP contribution >= 0.6 is 35.0 Å². The number of ketones is 2. The van der Waals surface area contributed by atoms with E-state index in [1.165, 1.54) is 11.8 Å². The van der Waals surface area contributed by atoms with E-state index in [-0.39, 0.29) is 46.6 Å². The lowest BCUT2D eigenvalue weighted by atomic mass is 9.46. The maximum absolute atomic E-state index is 14.4. The van der Waals surface area contributed by atoms with E-state index in [9.17, 15) is 14.7 Å². The number of carbonyl (C=O) groups excluding carboxylic acids is 2. The van der Waals surface area contributed by atoms with Crippen LogP contribution in [0.15, 0.2) is 46.9 Å². The van der Waals surface area contributed by atoms with E-state index in [1.54, 1.807) is 18.2 Å². The molecule has 4 aliphatic carbocycles. The average molecular weight is 592 g/mol. The second-order valence-corrected chi connectivity index (χ2v) is 14.4. The number of aliphatic hydroxyl groups excluding tert-OH is 1. The first kappa shape index (κ1) is 28.0. The summed E-state index contributed by atoms with van der Waals surface area (Å²) in [5, 5.41) is 12.9. The van der Waals surface area contributed by atoms with Crippen LogP contribution in [0.3, 0.4) is 0 Å². The number of allylic oxidation sites excluding steroid dienone is 4. The molecule has 1 saturated heterocycles. The van der Waals surface area contributed by atoms with Crippen molar-refractivity contribution in [2.24, 2.45) is 28.6 Å². The molecule has 1 aromatic rings.